The second-order valence-corrected chi connectivity index (χ2v) is 5.29. The largest absolute Gasteiger partial charge is 0.388 e. The molecule has 0 bridgehead atoms. The van der Waals surface area contributed by atoms with E-state index in [1.807, 2.05) is 0 Å². The van der Waals surface area contributed by atoms with Gasteiger partial charge in [-0.15, -0.1) is 0 Å². The van der Waals surface area contributed by atoms with Crippen molar-refractivity contribution in [3.8, 4) is 0 Å². The van der Waals surface area contributed by atoms with Crippen LogP contribution in [-0.2, 0) is 6.42 Å². The molecule has 2 aromatic rings. The van der Waals surface area contributed by atoms with Crippen LogP contribution in [0.2, 0.25) is 5.02 Å². The predicted octanol–water partition coefficient (Wildman–Crippen LogP) is 4.05. The van der Waals surface area contributed by atoms with Gasteiger partial charge in [-0.3, -0.25) is 4.98 Å². The SMILES string of the molecule is OC(Cc1ccncc1Cl)c1c(F)cc(Br)cc1F. The number of halogens is 4. The monoisotopic (exact) mass is 347 g/mol. The van der Waals surface area contributed by atoms with E-state index in [0.29, 0.717) is 10.6 Å². The summed E-state index contributed by atoms with van der Waals surface area (Å²) >= 11 is 8.88. The van der Waals surface area contributed by atoms with Crippen LogP contribution >= 0.6 is 27.5 Å². The Morgan fingerprint density at radius 3 is 2.53 bits per heavy atom. The highest BCUT2D eigenvalue weighted by Gasteiger charge is 2.20. The molecule has 0 saturated heterocycles. The summed E-state index contributed by atoms with van der Waals surface area (Å²) < 4.78 is 27.7. The molecule has 19 heavy (non-hydrogen) atoms. The van der Waals surface area contributed by atoms with E-state index in [9.17, 15) is 13.9 Å². The molecule has 0 radical (unpaired) electrons. The van der Waals surface area contributed by atoms with Crippen molar-refractivity contribution in [2.24, 2.45) is 0 Å². The van der Waals surface area contributed by atoms with Crippen molar-refractivity contribution >= 4 is 27.5 Å². The van der Waals surface area contributed by atoms with Gasteiger partial charge in [-0.05, 0) is 23.8 Å². The number of hydrogen-bond acceptors (Lipinski definition) is 2. The summed E-state index contributed by atoms with van der Waals surface area (Å²) in [5, 5.41) is 10.3. The van der Waals surface area contributed by atoms with Crippen molar-refractivity contribution in [2.75, 3.05) is 0 Å². The Morgan fingerprint density at radius 1 is 1.32 bits per heavy atom. The van der Waals surface area contributed by atoms with Crippen molar-refractivity contribution in [3.63, 3.8) is 0 Å². The highest BCUT2D eigenvalue weighted by Crippen LogP contribution is 2.28. The van der Waals surface area contributed by atoms with Crippen LogP contribution in [0.1, 0.15) is 17.2 Å². The molecule has 0 fully saturated rings. The lowest BCUT2D eigenvalue weighted by Gasteiger charge is -2.14. The molecule has 1 aromatic carbocycles. The van der Waals surface area contributed by atoms with Crippen LogP contribution in [-0.4, -0.2) is 10.1 Å². The number of aromatic nitrogens is 1. The lowest BCUT2D eigenvalue weighted by atomic mass is 10.0. The van der Waals surface area contributed by atoms with Gasteiger partial charge in [0.05, 0.1) is 16.7 Å². The molecule has 6 heteroatoms. The minimum absolute atomic E-state index is 0.0107. The summed E-state index contributed by atoms with van der Waals surface area (Å²) in [5.41, 5.74) is 0.210. The van der Waals surface area contributed by atoms with E-state index < -0.39 is 17.7 Å². The van der Waals surface area contributed by atoms with Gasteiger partial charge in [0.2, 0.25) is 0 Å². The molecule has 1 atom stereocenters. The van der Waals surface area contributed by atoms with Crippen molar-refractivity contribution < 1.29 is 13.9 Å². The van der Waals surface area contributed by atoms with E-state index in [-0.39, 0.29) is 16.5 Å². The molecule has 1 N–H and O–H groups in total. The first-order chi connectivity index (χ1) is 8.99. The van der Waals surface area contributed by atoms with Gasteiger partial charge in [0.15, 0.2) is 0 Å². The van der Waals surface area contributed by atoms with E-state index in [4.69, 9.17) is 11.6 Å². The van der Waals surface area contributed by atoms with Crippen molar-refractivity contribution in [3.05, 3.63) is 62.8 Å². The Balaban J connectivity index is 2.31. The first kappa shape index (κ1) is 14.4. The molecular formula is C13H9BrClF2NO. The summed E-state index contributed by atoms with van der Waals surface area (Å²) in [5.74, 6) is -1.60. The van der Waals surface area contributed by atoms with Gasteiger partial charge < -0.3 is 5.11 Å². The summed E-state index contributed by atoms with van der Waals surface area (Å²) in [7, 11) is 0. The standard InChI is InChI=1S/C13H9BrClF2NO/c14-8-4-10(16)13(11(17)5-8)12(19)3-7-1-2-18-6-9(7)15/h1-2,4-6,12,19H,3H2. The molecule has 100 valence electrons. The topological polar surface area (TPSA) is 33.1 Å². The molecule has 0 saturated carbocycles. The van der Waals surface area contributed by atoms with E-state index in [1.54, 1.807) is 6.07 Å². The van der Waals surface area contributed by atoms with E-state index in [0.717, 1.165) is 12.1 Å². The molecule has 1 aromatic heterocycles. The highest BCUT2D eigenvalue weighted by molar-refractivity contribution is 9.10. The van der Waals surface area contributed by atoms with Gasteiger partial charge in [-0.2, -0.15) is 0 Å². The first-order valence-electron chi connectivity index (χ1n) is 5.40. The second-order valence-electron chi connectivity index (χ2n) is 3.97. The number of pyridine rings is 1. The van der Waals surface area contributed by atoms with Gasteiger partial charge in [0.1, 0.15) is 11.6 Å². The molecule has 0 aliphatic carbocycles. The molecule has 1 unspecified atom stereocenters. The third-order valence-electron chi connectivity index (χ3n) is 2.65. The molecule has 0 spiro atoms. The van der Waals surface area contributed by atoms with Gasteiger partial charge in [-0.25, -0.2) is 8.78 Å². The third kappa shape index (κ3) is 3.29. The van der Waals surface area contributed by atoms with Crippen LogP contribution in [0.15, 0.2) is 35.1 Å². The molecule has 0 amide bonds. The maximum Gasteiger partial charge on any atom is 0.133 e. The molecule has 0 aliphatic rings. The average molecular weight is 349 g/mol. The zero-order valence-corrected chi connectivity index (χ0v) is 11.9. The summed E-state index contributed by atoms with van der Waals surface area (Å²) in [4.78, 5) is 3.80. The average Bonchev–Trinajstić information content (AvgIpc) is 2.30. The van der Waals surface area contributed by atoms with Crippen LogP contribution in [0.3, 0.4) is 0 Å². The maximum absolute atomic E-state index is 13.7. The molecule has 0 aliphatic heterocycles. The van der Waals surface area contributed by atoms with Gasteiger partial charge in [0, 0.05) is 23.3 Å². The van der Waals surface area contributed by atoms with Gasteiger partial charge in [0.25, 0.3) is 0 Å². The van der Waals surface area contributed by atoms with Crippen LogP contribution in [0.25, 0.3) is 0 Å². The van der Waals surface area contributed by atoms with Crippen LogP contribution in [0.4, 0.5) is 8.78 Å². The highest BCUT2D eigenvalue weighted by atomic mass is 79.9. The number of nitrogens with zero attached hydrogens (tertiary/aromatic N) is 1. The fourth-order valence-electron chi connectivity index (χ4n) is 1.75. The fourth-order valence-corrected chi connectivity index (χ4v) is 2.35. The van der Waals surface area contributed by atoms with Gasteiger partial charge in [-0.1, -0.05) is 27.5 Å². The third-order valence-corrected chi connectivity index (χ3v) is 3.44. The van der Waals surface area contributed by atoms with Crippen molar-refractivity contribution in [2.45, 2.75) is 12.5 Å². The molecule has 1 heterocycles. The van der Waals surface area contributed by atoms with Crippen LogP contribution in [0, 0.1) is 11.6 Å². The predicted molar refractivity (Wildman–Crippen MR) is 72.0 cm³/mol. The summed E-state index contributed by atoms with van der Waals surface area (Å²) in [6.07, 6.45) is 1.62. The minimum Gasteiger partial charge on any atom is -0.388 e. The van der Waals surface area contributed by atoms with E-state index in [1.165, 1.54) is 12.4 Å². The summed E-state index contributed by atoms with van der Waals surface area (Å²) in [6.45, 7) is 0. The molecule has 2 nitrogen and oxygen atoms in total. The Morgan fingerprint density at radius 2 is 1.95 bits per heavy atom. The molecule has 2 rings (SSSR count). The normalized spacial score (nSPS) is 12.5. The lowest BCUT2D eigenvalue weighted by molar-refractivity contribution is 0.168. The first-order valence-corrected chi connectivity index (χ1v) is 6.57. The Hall–Kier alpha value is -1.04. The minimum atomic E-state index is -1.31. The Kier molecular flexibility index (Phi) is 4.50. The number of aliphatic hydroxyl groups excluding tert-OH is 1. The van der Waals surface area contributed by atoms with Crippen molar-refractivity contribution in [1.29, 1.82) is 0 Å². The van der Waals surface area contributed by atoms with Crippen LogP contribution in [0.5, 0.6) is 0 Å². The maximum atomic E-state index is 13.7. The Labute approximate surface area is 122 Å². The molecular weight excluding hydrogens is 340 g/mol. The zero-order chi connectivity index (χ0) is 14.0. The van der Waals surface area contributed by atoms with Crippen LogP contribution < -0.4 is 0 Å². The smallest absolute Gasteiger partial charge is 0.133 e. The van der Waals surface area contributed by atoms with Crippen molar-refractivity contribution in [1.82, 2.24) is 4.98 Å². The Bertz CT molecular complexity index is 586. The van der Waals surface area contributed by atoms with E-state index >= 15 is 0 Å². The fraction of sp³-hybridized carbons (Fsp3) is 0.154. The number of aliphatic hydroxyl groups is 1. The second kappa shape index (κ2) is 5.94. The number of benzene rings is 1. The number of hydrogen-bond donors (Lipinski definition) is 1. The summed E-state index contributed by atoms with van der Waals surface area (Å²) in [6, 6.07) is 3.81. The zero-order valence-electron chi connectivity index (χ0n) is 9.58. The van der Waals surface area contributed by atoms with E-state index in [2.05, 4.69) is 20.9 Å². The lowest BCUT2D eigenvalue weighted by Crippen LogP contribution is -2.08. The quantitative estimate of drug-likeness (QED) is 0.908. The number of rotatable bonds is 3. The van der Waals surface area contributed by atoms with Gasteiger partial charge >= 0.3 is 0 Å².